The van der Waals surface area contributed by atoms with Crippen LogP contribution in [-0.4, -0.2) is 60.4 Å². The van der Waals surface area contributed by atoms with Crippen molar-refractivity contribution < 1.29 is 41.1 Å². The van der Waals surface area contributed by atoms with Crippen LogP contribution in [0.4, 0.5) is 27.6 Å². The van der Waals surface area contributed by atoms with Crippen LogP contribution in [0.15, 0.2) is 60.0 Å². The van der Waals surface area contributed by atoms with E-state index >= 15 is 4.39 Å². The van der Waals surface area contributed by atoms with Crippen LogP contribution in [-0.2, 0) is 20.6 Å². The van der Waals surface area contributed by atoms with Crippen molar-refractivity contribution >= 4 is 41.1 Å². The Hall–Kier alpha value is -4.53. The van der Waals surface area contributed by atoms with Crippen molar-refractivity contribution in [1.82, 2.24) is 10.2 Å². The van der Waals surface area contributed by atoms with E-state index in [9.17, 15) is 31.9 Å². The number of nitrogen functional groups attached to an aromatic ring is 1. The molecule has 1 fully saturated rings. The summed E-state index contributed by atoms with van der Waals surface area (Å²) in [6.07, 6.45) is -4.71. The smallest absolute Gasteiger partial charge is 0.416 e. The Morgan fingerprint density at radius 2 is 1.82 bits per heavy atom. The number of carbonyl (C=O) groups excluding carboxylic acids is 3. The molecular weight excluding hydrogens is 609 g/mol. The van der Waals surface area contributed by atoms with Gasteiger partial charge >= 0.3 is 6.18 Å². The van der Waals surface area contributed by atoms with Gasteiger partial charge in [0.15, 0.2) is 5.67 Å². The molecule has 0 radical (unpaired) electrons. The van der Waals surface area contributed by atoms with Gasteiger partial charge in [-0.2, -0.15) is 13.2 Å². The number of nitrogens with two attached hydrogens (primary N) is 1. The van der Waals surface area contributed by atoms with Crippen molar-refractivity contribution in [2.24, 2.45) is 5.73 Å². The molecule has 1 aliphatic rings. The minimum absolute atomic E-state index is 0.141. The number of nitrogens with one attached hydrogen (secondary N) is 2. The molecule has 4 N–H and O–H groups in total. The highest BCUT2D eigenvalue weighted by molar-refractivity contribution is 7.10. The van der Waals surface area contributed by atoms with Gasteiger partial charge in [-0.15, -0.1) is 11.3 Å². The number of alkyl halides is 5. The molecule has 44 heavy (non-hydrogen) atoms. The lowest BCUT2D eigenvalue weighted by molar-refractivity contribution is -0.138. The lowest BCUT2D eigenvalue weighted by Gasteiger charge is -2.27. The predicted octanol–water partition coefficient (Wildman–Crippen LogP) is 4.96. The molecule has 0 aliphatic carbocycles. The Morgan fingerprint density at radius 1 is 1.20 bits per heavy atom. The van der Waals surface area contributed by atoms with Gasteiger partial charge in [0.05, 0.1) is 18.2 Å². The van der Waals surface area contributed by atoms with Gasteiger partial charge < -0.3 is 25.6 Å². The number of hydrogen-bond acceptors (Lipinski definition) is 6. The maximum absolute atomic E-state index is 15.1. The van der Waals surface area contributed by atoms with Gasteiger partial charge in [0.2, 0.25) is 18.2 Å². The predicted molar refractivity (Wildman–Crippen MR) is 153 cm³/mol. The molecule has 9 nitrogen and oxygen atoms in total. The van der Waals surface area contributed by atoms with Gasteiger partial charge in [-0.3, -0.25) is 19.8 Å². The third kappa shape index (κ3) is 7.51. The summed E-state index contributed by atoms with van der Waals surface area (Å²) in [5.41, 5.74) is 2.91. The van der Waals surface area contributed by atoms with E-state index in [-0.39, 0.29) is 23.0 Å². The first-order valence-corrected chi connectivity index (χ1v) is 14.1. The number of thiophene rings is 1. The van der Waals surface area contributed by atoms with Crippen molar-refractivity contribution in [3.05, 3.63) is 76.0 Å². The molecule has 3 amide bonds. The minimum atomic E-state index is -4.49. The van der Waals surface area contributed by atoms with Gasteiger partial charge in [0.1, 0.15) is 36.6 Å². The normalized spacial score (nSPS) is 18.9. The van der Waals surface area contributed by atoms with E-state index in [1.54, 1.807) is 18.4 Å². The second kappa shape index (κ2) is 13.0. The molecule has 2 heterocycles. The molecule has 1 aliphatic heterocycles. The van der Waals surface area contributed by atoms with Crippen LogP contribution in [0.2, 0.25) is 0 Å². The van der Waals surface area contributed by atoms with Crippen molar-refractivity contribution in [1.29, 1.82) is 5.41 Å². The van der Waals surface area contributed by atoms with E-state index in [0.717, 1.165) is 34.1 Å². The number of amides is 3. The van der Waals surface area contributed by atoms with Crippen molar-refractivity contribution in [2.45, 2.75) is 37.3 Å². The molecule has 4 rings (SSSR count). The summed E-state index contributed by atoms with van der Waals surface area (Å²) in [4.78, 5) is 40.9. The van der Waals surface area contributed by atoms with Crippen LogP contribution in [0, 0.1) is 5.41 Å². The zero-order valence-corrected chi connectivity index (χ0v) is 24.1. The molecule has 1 saturated heterocycles. The molecule has 1 aromatic heterocycles. The highest BCUT2D eigenvalue weighted by atomic mass is 32.1. The number of ether oxygens (including phenoxy) is 1. The molecule has 3 aromatic rings. The maximum Gasteiger partial charge on any atom is 0.416 e. The molecule has 3 atom stereocenters. The number of likely N-dealkylation sites (tertiary alicyclic amines) is 1. The average Bonchev–Trinajstić information content (AvgIpc) is 3.62. The Bertz CT molecular complexity index is 1520. The zero-order chi connectivity index (χ0) is 32.2. The van der Waals surface area contributed by atoms with E-state index in [1.807, 2.05) is 0 Å². The summed E-state index contributed by atoms with van der Waals surface area (Å²) in [5.74, 6) is -1.27. The van der Waals surface area contributed by atoms with Crippen molar-refractivity contribution in [3.8, 4) is 11.5 Å². The number of halogens is 5. The van der Waals surface area contributed by atoms with Gasteiger partial charge in [0.25, 0.3) is 0 Å². The summed E-state index contributed by atoms with van der Waals surface area (Å²) < 4.78 is 72.6. The molecule has 15 heteroatoms. The fourth-order valence-corrected chi connectivity index (χ4v) is 5.53. The fourth-order valence-electron chi connectivity index (χ4n) is 4.61. The van der Waals surface area contributed by atoms with Crippen molar-refractivity contribution in [2.75, 3.05) is 24.7 Å². The second-order valence-corrected chi connectivity index (χ2v) is 11.2. The minimum Gasteiger partial charge on any atom is -0.457 e. The molecule has 0 bridgehead atoms. The topological polar surface area (TPSA) is 129 Å². The SMILES string of the molecule is C[C@@H](NC(=O)[C@@H]1C[C@](F)(CF)CN1C(=O)CN(C=O)c1ccc(Oc2ccc(C(F)(F)F)cc2)cc1)c1cc(C(=N)N)cs1. The third-order valence-corrected chi connectivity index (χ3v) is 8.10. The number of benzene rings is 2. The van der Waals surface area contributed by atoms with E-state index in [2.05, 4.69) is 5.32 Å². The second-order valence-electron chi connectivity index (χ2n) is 10.3. The lowest BCUT2D eigenvalue weighted by Crippen LogP contribution is -2.49. The third-order valence-electron chi connectivity index (χ3n) is 6.99. The van der Waals surface area contributed by atoms with Crippen LogP contribution in [0.1, 0.15) is 35.4 Å². The first kappa shape index (κ1) is 32.4. The van der Waals surface area contributed by atoms with Gasteiger partial charge in [0, 0.05) is 27.9 Å². The first-order valence-electron chi connectivity index (χ1n) is 13.2. The number of hydrogen-bond donors (Lipinski definition) is 3. The van der Waals surface area contributed by atoms with E-state index in [4.69, 9.17) is 15.9 Å². The summed E-state index contributed by atoms with van der Waals surface area (Å²) in [5, 5.41) is 11.9. The van der Waals surface area contributed by atoms with E-state index in [0.29, 0.717) is 16.9 Å². The summed E-state index contributed by atoms with van der Waals surface area (Å²) in [7, 11) is 0. The molecule has 2 aromatic carbocycles. The summed E-state index contributed by atoms with van der Waals surface area (Å²) >= 11 is 1.25. The number of carbonyl (C=O) groups is 3. The highest BCUT2D eigenvalue weighted by Crippen LogP contribution is 2.34. The summed E-state index contributed by atoms with van der Waals surface area (Å²) in [6.45, 7) is -1.03. The maximum atomic E-state index is 15.1. The van der Waals surface area contributed by atoms with Crippen LogP contribution < -0.4 is 20.7 Å². The van der Waals surface area contributed by atoms with E-state index < -0.39 is 67.5 Å². The molecule has 0 spiro atoms. The first-order chi connectivity index (χ1) is 20.7. The Labute approximate surface area is 252 Å². The van der Waals surface area contributed by atoms with Crippen molar-refractivity contribution in [3.63, 3.8) is 0 Å². The van der Waals surface area contributed by atoms with Gasteiger partial charge in [-0.25, -0.2) is 8.78 Å². The lowest BCUT2D eigenvalue weighted by atomic mass is 10.0. The van der Waals surface area contributed by atoms with Gasteiger partial charge in [-0.05, 0) is 61.5 Å². The van der Waals surface area contributed by atoms with Crippen LogP contribution in [0.25, 0.3) is 0 Å². The number of anilines is 1. The Morgan fingerprint density at radius 3 is 2.34 bits per heavy atom. The van der Waals surface area contributed by atoms with Gasteiger partial charge in [-0.1, -0.05) is 0 Å². The number of amidine groups is 1. The molecule has 0 saturated carbocycles. The van der Waals surface area contributed by atoms with E-state index in [1.165, 1.54) is 35.6 Å². The largest absolute Gasteiger partial charge is 0.457 e. The monoisotopic (exact) mass is 637 g/mol. The fraction of sp³-hybridized carbons (Fsp3) is 0.310. The molecule has 234 valence electrons. The summed E-state index contributed by atoms with van der Waals surface area (Å²) in [6, 6.07) is 9.47. The number of rotatable bonds is 11. The Balaban J connectivity index is 1.43. The Kier molecular flexibility index (Phi) is 9.56. The molecular formula is C29H28F5N5O4S. The standard InChI is InChI=1S/C29H28F5N5O4S/c1-17(24-10-18(13-44-24)26(35)36)37-27(42)23-11-28(31,14-30)15-39(23)25(41)12-38(16-40)20-4-8-22(9-5-20)43-21-6-2-19(3-7-21)29(32,33)34/h2-10,13,16-17,23H,11-12,14-15H2,1H3,(H3,35,36)(H,37,42)/t17-,23+,28+/m1/s1. The highest BCUT2D eigenvalue weighted by Gasteiger charge is 2.50. The number of nitrogens with zero attached hydrogens (tertiary/aromatic N) is 2. The average molecular weight is 638 g/mol. The molecule has 0 unspecified atom stereocenters. The van der Waals surface area contributed by atoms with Crippen LogP contribution >= 0.6 is 11.3 Å². The quantitative estimate of drug-likeness (QED) is 0.119. The van der Waals surface area contributed by atoms with Crippen LogP contribution in [0.5, 0.6) is 11.5 Å². The zero-order valence-electron chi connectivity index (χ0n) is 23.2. The van der Waals surface area contributed by atoms with Crippen LogP contribution in [0.3, 0.4) is 0 Å².